The molecule has 0 aliphatic carbocycles. The fourth-order valence-corrected chi connectivity index (χ4v) is 4.72. The zero-order chi connectivity index (χ0) is 23.7. The lowest BCUT2D eigenvalue weighted by molar-refractivity contribution is -0.225. The highest BCUT2D eigenvalue weighted by Crippen LogP contribution is 2.40. The van der Waals surface area contributed by atoms with Gasteiger partial charge in [-0.05, 0) is 36.2 Å². The van der Waals surface area contributed by atoms with E-state index in [-0.39, 0.29) is 19.4 Å². The number of imidazole rings is 1. The van der Waals surface area contributed by atoms with Gasteiger partial charge in [0.15, 0.2) is 0 Å². The third-order valence-corrected chi connectivity index (χ3v) is 6.49. The molecule has 34 heavy (non-hydrogen) atoms. The molecule has 0 unspecified atom stereocenters. The van der Waals surface area contributed by atoms with Gasteiger partial charge in [0.05, 0.1) is 30.1 Å². The molecular formula is C25H25ClN4O4. The summed E-state index contributed by atoms with van der Waals surface area (Å²) in [6.45, 7) is 1.35. The van der Waals surface area contributed by atoms with E-state index in [1.54, 1.807) is 18.3 Å². The molecule has 1 fully saturated rings. The molecule has 2 N–H and O–H groups in total. The summed E-state index contributed by atoms with van der Waals surface area (Å²) in [5, 5.41) is 7.23. The predicted octanol–water partition coefficient (Wildman–Crippen LogP) is 3.53. The Morgan fingerprint density at radius 3 is 2.50 bits per heavy atom. The lowest BCUT2D eigenvalue weighted by Gasteiger charge is -2.32. The van der Waals surface area contributed by atoms with E-state index in [4.69, 9.17) is 21.1 Å². The molecule has 1 aromatic heterocycles. The van der Waals surface area contributed by atoms with E-state index in [9.17, 15) is 9.59 Å². The van der Waals surface area contributed by atoms with E-state index in [0.717, 1.165) is 28.2 Å². The van der Waals surface area contributed by atoms with Gasteiger partial charge in [-0.2, -0.15) is 0 Å². The van der Waals surface area contributed by atoms with Crippen molar-refractivity contribution in [2.75, 3.05) is 18.4 Å². The third-order valence-electron chi connectivity index (χ3n) is 6.18. The first-order chi connectivity index (χ1) is 16.4. The minimum atomic E-state index is -1.50. The molecule has 9 heteroatoms. The first kappa shape index (κ1) is 22.4. The number of aryl methyl sites for hydroxylation is 1. The Hall–Kier alpha value is -3.36. The lowest BCUT2D eigenvalue weighted by Crippen LogP contribution is -2.43. The van der Waals surface area contributed by atoms with E-state index in [2.05, 4.69) is 15.6 Å². The Balaban J connectivity index is 1.44. The highest BCUT2D eigenvalue weighted by atomic mass is 35.5. The molecule has 3 aromatic rings. The average Bonchev–Trinajstić information content (AvgIpc) is 3.09. The number of hydrogen-bond donors (Lipinski definition) is 2. The second-order valence-electron chi connectivity index (χ2n) is 8.49. The van der Waals surface area contributed by atoms with Crippen molar-refractivity contribution in [3.8, 4) is 11.4 Å². The fourth-order valence-electron chi connectivity index (χ4n) is 4.47. The molecule has 2 aliphatic heterocycles. The number of anilines is 1. The van der Waals surface area contributed by atoms with Crippen molar-refractivity contribution in [1.82, 2.24) is 14.9 Å². The number of aromatic nitrogens is 2. The zero-order valence-corrected chi connectivity index (χ0v) is 19.5. The largest absolute Gasteiger partial charge is 0.416 e. The maximum absolute atomic E-state index is 12.3. The van der Waals surface area contributed by atoms with Gasteiger partial charge < -0.3 is 24.7 Å². The van der Waals surface area contributed by atoms with Crippen LogP contribution >= 0.6 is 11.6 Å². The monoisotopic (exact) mass is 480 g/mol. The van der Waals surface area contributed by atoms with E-state index in [1.165, 1.54) is 0 Å². The second kappa shape index (κ2) is 9.12. The van der Waals surface area contributed by atoms with Gasteiger partial charge in [-0.15, -0.1) is 0 Å². The van der Waals surface area contributed by atoms with Crippen LogP contribution in [-0.2, 0) is 44.9 Å². The number of rotatable bonds is 4. The van der Waals surface area contributed by atoms with Crippen molar-refractivity contribution >= 4 is 29.2 Å². The molecular weight excluding hydrogens is 456 g/mol. The number of benzene rings is 2. The molecule has 1 spiro atoms. The Morgan fingerprint density at radius 1 is 1.09 bits per heavy atom. The summed E-state index contributed by atoms with van der Waals surface area (Å²) in [5.74, 6) is -1.52. The Labute approximate surface area is 202 Å². The molecule has 3 heterocycles. The van der Waals surface area contributed by atoms with Crippen molar-refractivity contribution in [3.05, 3.63) is 70.5 Å². The first-order valence-electron chi connectivity index (χ1n) is 11.2. The second-order valence-corrected chi connectivity index (χ2v) is 8.90. The number of carbonyl (C=O) groups is 2. The number of carbonyl (C=O) groups excluding carboxylic acids is 2. The minimum Gasteiger partial charge on any atom is -0.416 e. The van der Waals surface area contributed by atoms with Gasteiger partial charge in [0.2, 0.25) is 0 Å². The Bertz CT molecular complexity index is 1220. The maximum Gasteiger partial charge on any atom is 0.309 e. The number of halogens is 1. The molecule has 176 valence electrons. The van der Waals surface area contributed by atoms with Crippen LogP contribution in [0.2, 0.25) is 5.02 Å². The number of esters is 2. The summed E-state index contributed by atoms with van der Waals surface area (Å²) < 4.78 is 13.4. The van der Waals surface area contributed by atoms with Crippen LogP contribution in [0, 0.1) is 0 Å². The van der Waals surface area contributed by atoms with Crippen LogP contribution in [-0.4, -0.2) is 34.6 Å². The highest BCUT2D eigenvalue weighted by molar-refractivity contribution is 6.33. The van der Waals surface area contributed by atoms with E-state index in [1.807, 2.05) is 42.1 Å². The molecule has 5 rings (SSSR count). The number of hydrogen-bond acceptors (Lipinski definition) is 7. The van der Waals surface area contributed by atoms with Crippen molar-refractivity contribution in [1.29, 1.82) is 0 Å². The smallest absolute Gasteiger partial charge is 0.309 e. The van der Waals surface area contributed by atoms with Crippen molar-refractivity contribution in [2.45, 2.75) is 31.6 Å². The summed E-state index contributed by atoms with van der Waals surface area (Å²) in [5.41, 5.74) is 4.35. The van der Waals surface area contributed by atoms with E-state index < -0.39 is 17.7 Å². The first-order valence-corrected chi connectivity index (χ1v) is 11.6. The van der Waals surface area contributed by atoms with Gasteiger partial charge in [0.1, 0.15) is 5.82 Å². The third kappa shape index (κ3) is 4.26. The molecule has 0 bridgehead atoms. The maximum atomic E-state index is 12.3. The molecule has 0 atom stereocenters. The number of nitrogens with one attached hydrogen (secondary N) is 2. The summed E-state index contributed by atoms with van der Waals surface area (Å²) in [7, 11) is 1.96. The van der Waals surface area contributed by atoms with Gasteiger partial charge in [-0.1, -0.05) is 35.9 Å². The molecule has 0 amide bonds. The lowest BCUT2D eigenvalue weighted by atomic mass is 9.96. The molecule has 2 aliphatic rings. The van der Waals surface area contributed by atoms with Crippen molar-refractivity contribution in [3.63, 3.8) is 0 Å². The normalized spacial score (nSPS) is 17.4. The van der Waals surface area contributed by atoms with Gasteiger partial charge in [-0.25, -0.2) is 4.98 Å². The van der Waals surface area contributed by atoms with Crippen LogP contribution in [0.4, 0.5) is 5.69 Å². The number of ether oxygens (including phenoxy) is 2. The van der Waals surface area contributed by atoms with Crippen LogP contribution in [0.3, 0.4) is 0 Å². The van der Waals surface area contributed by atoms with Crippen LogP contribution in [0.5, 0.6) is 0 Å². The summed E-state index contributed by atoms with van der Waals surface area (Å²) in [4.78, 5) is 29.0. The highest BCUT2D eigenvalue weighted by Gasteiger charge is 2.45. The van der Waals surface area contributed by atoms with Gasteiger partial charge in [0.25, 0.3) is 5.79 Å². The van der Waals surface area contributed by atoms with Crippen LogP contribution in [0.15, 0.2) is 48.8 Å². The molecule has 0 saturated carbocycles. The molecule has 0 radical (unpaired) electrons. The topological polar surface area (TPSA) is 94.5 Å². The van der Waals surface area contributed by atoms with Crippen LogP contribution in [0.1, 0.15) is 29.5 Å². The number of nitrogens with zero attached hydrogens (tertiary/aromatic N) is 2. The van der Waals surface area contributed by atoms with Gasteiger partial charge >= 0.3 is 11.9 Å². The fraction of sp³-hybridized carbons (Fsp3) is 0.320. The van der Waals surface area contributed by atoms with Crippen LogP contribution < -0.4 is 10.6 Å². The van der Waals surface area contributed by atoms with E-state index >= 15 is 0 Å². The van der Waals surface area contributed by atoms with Crippen LogP contribution in [0.25, 0.3) is 11.4 Å². The minimum absolute atomic E-state index is 0.00286. The summed E-state index contributed by atoms with van der Waals surface area (Å²) >= 11 is 6.60. The average molecular weight is 481 g/mol. The zero-order valence-electron chi connectivity index (χ0n) is 18.8. The Kier molecular flexibility index (Phi) is 6.02. The van der Waals surface area contributed by atoms with E-state index in [0.29, 0.717) is 30.1 Å². The van der Waals surface area contributed by atoms with Crippen molar-refractivity contribution < 1.29 is 19.1 Å². The molecule has 1 saturated heterocycles. The molecule has 8 nitrogen and oxygen atoms in total. The van der Waals surface area contributed by atoms with Gasteiger partial charge in [-0.3, -0.25) is 9.59 Å². The quantitative estimate of drug-likeness (QED) is 0.551. The number of fused-ring (bicyclic) bond motifs is 2. The molecule has 2 aromatic carbocycles. The van der Waals surface area contributed by atoms with Crippen molar-refractivity contribution in [2.24, 2.45) is 7.05 Å². The SMILES string of the molecule is Cn1ccnc1-c1ccc(CNc2c(Cl)ccc3c2CCNCC32OC(=O)CCC(=O)O2)cc1. The summed E-state index contributed by atoms with van der Waals surface area (Å²) in [6.07, 6.45) is 4.33. The summed E-state index contributed by atoms with van der Waals surface area (Å²) in [6, 6.07) is 11.7. The standard InChI is InChI=1S/C25H25ClN4O4/c1-30-13-12-28-24(30)17-4-2-16(3-5-17)14-29-23-18-10-11-27-15-25(19(18)6-7-20(23)26)33-21(31)8-9-22(32)34-25/h2-7,12-13,27,29H,8-11,14-15H2,1H3. The van der Waals surface area contributed by atoms with Gasteiger partial charge in [0, 0.05) is 37.1 Å². The predicted molar refractivity (Wildman–Crippen MR) is 127 cm³/mol. The Morgan fingerprint density at radius 2 is 1.82 bits per heavy atom.